The van der Waals surface area contributed by atoms with Crippen molar-refractivity contribution in [2.45, 2.75) is 5.22 Å². The number of carbonyl (C=O) groups excluding carboxylic acids is 1. The van der Waals surface area contributed by atoms with Gasteiger partial charge in [-0.2, -0.15) is 0 Å². The molecule has 0 bridgehead atoms. The van der Waals surface area contributed by atoms with E-state index in [2.05, 4.69) is 15.2 Å². The van der Waals surface area contributed by atoms with Crippen molar-refractivity contribution >= 4 is 17.5 Å². The van der Waals surface area contributed by atoms with Crippen molar-refractivity contribution in [3.63, 3.8) is 0 Å². The van der Waals surface area contributed by atoms with E-state index in [9.17, 15) is 4.79 Å². The maximum absolute atomic E-state index is 12.5. The van der Waals surface area contributed by atoms with Crippen LogP contribution in [0.3, 0.4) is 0 Å². The number of thioether (sulfide) groups is 1. The molecule has 3 aromatic rings. The highest BCUT2D eigenvalue weighted by Gasteiger charge is 2.16. The lowest BCUT2D eigenvalue weighted by Gasteiger charge is -2.08. The Bertz CT molecular complexity index is 867. The van der Waals surface area contributed by atoms with E-state index < -0.39 is 0 Å². The Hall–Kier alpha value is -2.87. The highest BCUT2D eigenvalue weighted by atomic mass is 32.2. The minimum Gasteiger partial charge on any atom is -0.497 e. The summed E-state index contributed by atoms with van der Waals surface area (Å²) in [5, 5.41) is 8.25. The smallest absolute Gasteiger partial charge is 0.277 e. The number of rotatable bonds is 7. The number of methoxy groups -OCH3 is 2. The number of pyridine rings is 1. The first-order chi connectivity index (χ1) is 12.2. The number of benzene rings is 1. The number of hydrogen-bond donors (Lipinski definition) is 0. The van der Waals surface area contributed by atoms with Crippen molar-refractivity contribution < 1.29 is 18.7 Å². The molecule has 0 aliphatic rings. The Morgan fingerprint density at radius 3 is 2.64 bits per heavy atom. The van der Waals surface area contributed by atoms with Crippen LogP contribution in [0.2, 0.25) is 0 Å². The van der Waals surface area contributed by atoms with Gasteiger partial charge in [0, 0.05) is 18.0 Å². The zero-order chi connectivity index (χ0) is 17.6. The first-order valence-electron chi connectivity index (χ1n) is 7.33. The second kappa shape index (κ2) is 7.80. The maximum atomic E-state index is 12.5. The fourth-order valence-corrected chi connectivity index (χ4v) is 2.76. The maximum Gasteiger partial charge on any atom is 0.277 e. The van der Waals surface area contributed by atoms with Gasteiger partial charge in [-0.05, 0) is 30.3 Å². The van der Waals surface area contributed by atoms with Crippen LogP contribution in [0.25, 0.3) is 11.5 Å². The molecular formula is C17H15N3O4S. The van der Waals surface area contributed by atoms with Gasteiger partial charge in [0.2, 0.25) is 5.89 Å². The minimum absolute atomic E-state index is 0.121. The number of ether oxygens (including phenoxy) is 2. The van der Waals surface area contributed by atoms with Gasteiger partial charge in [-0.25, -0.2) is 0 Å². The summed E-state index contributed by atoms with van der Waals surface area (Å²) < 4.78 is 16.0. The van der Waals surface area contributed by atoms with Gasteiger partial charge >= 0.3 is 0 Å². The first-order valence-corrected chi connectivity index (χ1v) is 8.31. The molecule has 0 fully saturated rings. The summed E-state index contributed by atoms with van der Waals surface area (Å²) in [6, 6.07) is 8.63. The third kappa shape index (κ3) is 3.97. The van der Waals surface area contributed by atoms with Crippen molar-refractivity contribution in [1.29, 1.82) is 0 Å². The van der Waals surface area contributed by atoms with Gasteiger partial charge in [-0.3, -0.25) is 9.78 Å². The molecule has 0 spiro atoms. The van der Waals surface area contributed by atoms with E-state index in [1.165, 1.54) is 18.9 Å². The summed E-state index contributed by atoms with van der Waals surface area (Å²) in [5.74, 6) is 1.49. The average molecular weight is 357 g/mol. The van der Waals surface area contributed by atoms with E-state index in [1.807, 2.05) is 0 Å². The molecule has 0 N–H and O–H groups in total. The lowest BCUT2D eigenvalue weighted by molar-refractivity contribution is 0.101. The molecule has 1 aromatic carbocycles. The summed E-state index contributed by atoms with van der Waals surface area (Å²) in [7, 11) is 3.06. The fourth-order valence-electron chi connectivity index (χ4n) is 2.12. The van der Waals surface area contributed by atoms with E-state index in [0.29, 0.717) is 28.2 Å². The summed E-state index contributed by atoms with van der Waals surface area (Å²) in [6.07, 6.45) is 3.29. The van der Waals surface area contributed by atoms with Crippen molar-refractivity contribution in [2.75, 3.05) is 20.0 Å². The zero-order valence-corrected chi connectivity index (χ0v) is 14.4. The Balaban J connectivity index is 1.70. The summed E-state index contributed by atoms with van der Waals surface area (Å²) in [4.78, 5) is 16.4. The number of nitrogens with zero attached hydrogens (tertiary/aromatic N) is 3. The van der Waals surface area contributed by atoms with E-state index in [0.717, 1.165) is 5.56 Å². The number of Topliss-reactive ketones (excluding diaryl/α,β-unsaturated/α-hetero) is 1. The SMILES string of the molecule is COc1ccc(OC)c(C(=O)CSc2nnc(-c3ccncc3)o2)c1. The minimum atomic E-state index is -0.121. The Morgan fingerprint density at radius 1 is 1.12 bits per heavy atom. The van der Waals surface area contributed by atoms with Gasteiger partial charge in [0.15, 0.2) is 5.78 Å². The number of aromatic nitrogens is 3. The molecule has 0 atom stereocenters. The molecule has 3 rings (SSSR count). The molecule has 0 saturated heterocycles. The summed E-state index contributed by atoms with van der Waals surface area (Å²) >= 11 is 1.17. The van der Waals surface area contributed by atoms with Gasteiger partial charge in [-0.1, -0.05) is 11.8 Å². The van der Waals surface area contributed by atoms with Crippen molar-refractivity contribution in [2.24, 2.45) is 0 Å². The van der Waals surface area contributed by atoms with Crippen LogP contribution in [0, 0.1) is 0 Å². The van der Waals surface area contributed by atoms with E-state index >= 15 is 0 Å². The van der Waals surface area contributed by atoms with Gasteiger partial charge in [0.1, 0.15) is 11.5 Å². The van der Waals surface area contributed by atoms with E-state index in [4.69, 9.17) is 13.9 Å². The second-order valence-electron chi connectivity index (χ2n) is 4.89. The molecule has 0 amide bonds. The molecule has 128 valence electrons. The average Bonchev–Trinajstić information content (AvgIpc) is 3.15. The molecule has 0 aliphatic carbocycles. The quantitative estimate of drug-likeness (QED) is 0.471. The van der Waals surface area contributed by atoms with Crippen LogP contribution in [0.15, 0.2) is 52.4 Å². The summed E-state index contributed by atoms with van der Waals surface area (Å²) in [5.41, 5.74) is 1.22. The van der Waals surface area contributed by atoms with E-state index in [1.54, 1.807) is 49.8 Å². The molecule has 0 saturated carbocycles. The Kier molecular flexibility index (Phi) is 5.30. The van der Waals surface area contributed by atoms with Crippen LogP contribution in [0.5, 0.6) is 11.5 Å². The lowest BCUT2D eigenvalue weighted by atomic mass is 10.1. The third-order valence-electron chi connectivity index (χ3n) is 3.37. The van der Waals surface area contributed by atoms with Gasteiger partial charge in [0.25, 0.3) is 5.22 Å². The molecule has 2 heterocycles. The Labute approximate surface area is 148 Å². The first kappa shape index (κ1) is 17.0. The van der Waals surface area contributed by atoms with Gasteiger partial charge in [-0.15, -0.1) is 10.2 Å². The highest BCUT2D eigenvalue weighted by Crippen LogP contribution is 2.27. The zero-order valence-electron chi connectivity index (χ0n) is 13.6. The van der Waals surface area contributed by atoms with Gasteiger partial charge < -0.3 is 13.9 Å². The predicted octanol–water partition coefficient (Wildman–Crippen LogP) is 3.12. The van der Waals surface area contributed by atoms with Crippen LogP contribution in [-0.4, -0.2) is 40.9 Å². The van der Waals surface area contributed by atoms with Crippen molar-refractivity contribution in [1.82, 2.24) is 15.2 Å². The largest absolute Gasteiger partial charge is 0.497 e. The predicted molar refractivity (Wildman–Crippen MR) is 92.1 cm³/mol. The normalized spacial score (nSPS) is 10.5. The van der Waals surface area contributed by atoms with Gasteiger partial charge in [0.05, 0.1) is 25.5 Å². The molecule has 0 aliphatic heterocycles. The topological polar surface area (TPSA) is 87.3 Å². The number of carbonyl (C=O) groups is 1. The lowest BCUT2D eigenvalue weighted by Crippen LogP contribution is -2.05. The van der Waals surface area contributed by atoms with Crippen LogP contribution in [-0.2, 0) is 0 Å². The van der Waals surface area contributed by atoms with Crippen LogP contribution >= 0.6 is 11.8 Å². The fraction of sp³-hybridized carbons (Fsp3) is 0.176. The summed E-state index contributed by atoms with van der Waals surface area (Å²) in [6.45, 7) is 0. The number of hydrogen-bond acceptors (Lipinski definition) is 8. The van der Waals surface area contributed by atoms with Crippen molar-refractivity contribution in [3.05, 3.63) is 48.3 Å². The molecule has 0 radical (unpaired) electrons. The standard InChI is InChI=1S/C17H15N3O4S/c1-22-12-3-4-15(23-2)13(9-12)14(21)10-25-17-20-19-16(24-17)11-5-7-18-8-6-11/h3-9H,10H2,1-2H3. The Morgan fingerprint density at radius 2 is 1.92 bits per heavy atom. The van der Waals surface area contributed by atoms with Crippen LogP contribution in [0.1, 0.15) is 10.4 Å². The third-order valence-corrected chi connectivity index (χ3v) is 4.19. The highest BCUT2D eigenvalue weighted by molar-refractivity contribution is 7.99. The molecule has 0 unspecified atom stereocenters. The molecule has 25 heavy (non-hydrogen) atoms. The van der Waals surface area contributed by atoms with E-state index in [-0.39, 0.29) is 11.5 Å². The van der Waals surface area contributed by atoms with Crippen LogP contribution in [0.4, 0.5) is 0 Å². The van der Waals surface area contributed by atoms with Crippen molar-refractivity contribution in [3.8, 4) is 23.0 Å². The number of ketones is 1. The van der Waals surface area contributed by atoms with Crippen LogP contribution < -0.4 is 9.47 Å². The molecule has 7 nitrogen and oxygen atoms in total. The second-order valence-corrected chi connectivity index (χ2v) is 5.81. The molecule has 2 aromatic heterocycles. The monoisotopic (exact) mass is 357 g/mol. The molecular weight excluding hydrogens is 342 g/mol. The molecule has 8 heteroatoms.